The molecule has 1 N–H and O–H groups in total. The topological polar surface area (TPSA) is 104 Å². The van der Waals surface area contributed by atoms with Crippen LogP contribution in [0.3, 0.4) is 0 Å². The molecule has 2 aliphatic heterocycles. The first-order valence-electron chi connectivity index (χ1n) is 13.8. The van der Waals surface area contributed by atoms with Crippen molar-refractivity contribution in [3.63, 3.8) is 0 Å². The zero-order valence-corrected chi connectivity index (χ0v) is 24.6. The average Bonchev–Trinajstić information content (AvgIpc) is 3.01. The van der Waals surface area contributed by atoms with E-state index in [1.165, 1.54) is 12.1 Å². The number of aliphatic carboxylic acids is 1. The molecular formula is C30H28F6N2O6S. The van der Waals surface area contributed by atoms with Crippen LogP contribution in [0.15, 0.2) is 59.5 Å². The van der Waals surface area contributed by atoms with E-state index in [-0.39, 0.29) is 41.8 Å². The number of rotatable bonds is 5. The Morgan fingerprint density at radius 2 is 1.62 bits per heavy atom. The van der Waals surface area contributed by atoms with E-state index in [1.807, 2.05) is 6.92 Å². The van der Waals surface area contributed by atoms with Crippen LogP contribution < -0.4 is 9.04 Å². The van der Waals surface area contributed by atoms with Crippen molar-refractivity contribution in [2.75, 3.05) is 30.5 Å². The molecule has 0 aliphatic carbocycles. The third kappa shape index (κ3) is 7.35. The Labute approximate surface area is 254 Å². The molecule has 2 heterocycles. The number of sulfonamides is 1. The van der Waals surface area contributed by atoms with E-state index in [0.29, 0.717) is 42.7 Å². The first-order chi connectivity index (χ1) is 21.1. The van der Waals surface area contributed by atoms with Crippen molar-refractivity contribution in [2.24, 2.45) is 5.92 Å². The lowest BCUT2D eigenvalue weighted by molar-refractivity contribution is -0.145. The van der Waals surface area contributed by atoms with Crippen LogP contribution in [0.4, 0.5) is 32.0 Å². The minimum Gasteiger partial charge on any atom is -0.486 e. The van der Waals surface area contributed by atoms with Gasteiger partial charge in [0, 0.05) is 25.1 Å². The third-order valence-electron chi connectivity index (χ3n) is 7.34. The number of fused-ring (bicyclic) bond motifs is 1. The van der Waals surface area contributed by atoms with Gasteiger partial charge in [0.15, 0.2) is 23.2 Å². The summed E-state index contributed by atoms with van der Waals surface area (Å²) in [4.78, 5) is 22.9. The Balaban J connectivity index is 0.000000297. The van der Waals surface area contributed by atoms with Crippen LogP contribution in [0, 0.1) is 23.4 Å². The minimum absolute atomic E-state index is 0.129. The molecule has 0 aromatic heterocycles. The molecule has 0 saturated carbocycles. The molecule has 3 aromatic rings. The van der Waals surface area contributed by atoms with Gasteiger partial charge in [-0.1, -0.05) is 25.1 Å². The highest BCUT2D eigenvalue weighted by Gasteiger charge is 2.36. The Morgan fingerprint density at radius 1 is 0.956 bits per heavy atom. The van der Waals surface area contributed by atoms with E-state index < -0.39 is 55.8 Å². The second-order valence-electron chi connectivity index (χ2n) is 10.2. The Morgan fingerprint density at radius 3 is 2.24 bits per heavy atom. The highest BCUT2D eigenvalue weighted by Crippen LogP contribution is 2.42. The summed E-state index contributed by atoms with van der Waals surface area (Å²) in [6.07, 6.45) is -3.07. The van der Waals surface area contributed by atoms with Crippen LogP contribution in [0.25, 0.3) is 11.1 Å². The molecule has 45 heavy (non-hydrogen) atoms. The number of benzene rings is 3. The van der Waals surface area contributed by atoms with E-state index in [1.54, 1.807) is 4.90 Å². The molecule has 0 radical (unpaired) electrons. The van der Waals surface area contributed by atoms with Gasteiger partial charge in [0.2, 0.25) is 5.91 Å². The van der Waals surface area contributed by atoms with E-state index in [4.69, 9.17) is 9.84 Å². The minimum atomic E-state index is -4.78. The molecule has 242 valence electrons. The van der Waals surface area contributed by atoms with Crippen LogP contribution in [0.1, 0.15) is 31.7 Å². The van der Waals surface area contributed by atoms with Crippen LogP contribution in [-0.4, -0.2) is 56.5 Å². The number of hydrogen-bond donors (Lipinski definition) is 1. The number of carbonyl (C=O) groups excluding carboxylic acids is 1. The normalized spacial score (nSPS) is 15.4. The summed E-state index contributed by atoms with van der Waals surface area (Å²) in [5, 5.41) is 8.72. The fourth-order valence-corrected chi connectivity index (χ4v) is 6.44. The van der Waals surface area contributed by atoms with Gasteiger partial charge in [0.1, 0.15) is 6.61 Å². The maximum atomic E-state index is 14.7. The number of carboxylic acid groups (broad SMARTS) is 1. The molecule has 15 heteroatoms. The number of alkyl halides is 3. The zero-order valence-electron chi connectivity index (χ0n) is 23.8. The van der Waals surface area contributed by atoms with Crippen molar-refractivity contribution in [1.29, 1.82) is 0 Å². The van der Waals surface area contributed by atoms with E-state index in [2.05, 4.69) is 0 Å². The van der Waals surface area contributed by atoms with Crippen molar-refractivity contribution >= 4 is 27.6 Å². The molecular weight excluding hydrogens is 630 g/mol. The van der Waals surface area contributed by atoms with Crippen molar-refractivity contribution in [1.82, 2.24) is 4.90 Å². The van der Waals surface area contributed by atoms with Crippen LogP contribution in [0.2, 0.25) is 0 Å². The highest BCUT2D eigenvalue weighted by molar-refractivity contribution is 7.92. The number of carboxylic acids is 1. The quantitative estimate of drug-likeness (QED) is 0.333. The van der Waals surface area contributed by atoms with Gasteiger partial charge in [0.05, 0.1) is 28.6 Å². The predicted octanol–water partition coefficient (Wildman–Crippen LogP) is 6.10. The van der Waals surface area contributed by atoms with Gasteiger partial charge in [0.25, 0.3) is 10.0 Å². The maximum absolute atomic E-state index is 14.7. The number of piperidine rings is 1. The van der Waals surface area contributed by atoms with Crippen molar-refractivity contribution < 1.29 is 54.2 Å². The van der Waals surface area contributed by atoms with Gasteiger partial charge in [-0.05, 0) is 54.8 Å². The molecule has 0 spiro atoms. The standard InChI is InChI=1S/C21H13F6NO3S.C9H15NO3/c22-16-6-2-5-15(19(16)24)12-9-17(23)20-18(10-12)28(7-8-31-20)32(29,30)14-4-1-3-13(11-14)21(25,26)27;1-2-8(11)10-5-3-7(4-6-10)9(12)13/h1-6,9-11H,7-8H2;7H,2-6H2,1H3,(H,12,13). The number of hydrogen-bond acceptors (Lipinski definition) is 5. The Kier molecular flexibility index (Phi) is 10.00. The monoisotopic (exact) mass is 658 g/mol. The zero-order chi connectivity index (χ0) is 33.1. The van der Waals surface area contributed by atoms with Gasteiger partial charge >= 0.3 is 12.1 Å². The van der Waals surface area contributed by atoms with E-state index in [0.717, 1.165) is 36.4 Å². The van der Waals surface area contributed by atoms with Gasteiger partial charge in [-0.2, -0.15) is 13.2 Å². The summed E-state index contributed by atoms with van der Waals surface area (Å²) in [6, 6.07) is 8.28. The first kappa shape index (κ1) is 33.6. The molecule has 1 fully saturated rings. The molecule has 1 amide bonds. The molecule has 3 aromatic carbocycles. The summed E-state index contributed by atoms with van der Waals surface area (Å²) in [7, 11) is -4.57. The number of anilines is 1. The smallest absolute Gasteiger partial charge is 0.416 e. The third-order valence-corrected chi connectivity index (χ3v) is 9.15. The number of carbonyl (C=O) groups is 2. The van der Waals surface area contributed by atoms with Gasteiger partial charge in [-0.3, -0.25) is 13.9 Å². The van der Waals surface area contributed by atoms with Crippen LogP contribution in [0.5, 0.6) is 5.75 Å². The summed E-state index contributed by atoms with van der Waals surface area (Å²) in [5.74, 6) is -4.81. The Bertz CT molecular complexity index is 1690. The maximum Gasteiger partial charge on any atom is 0.416 e. The second-order valence-corrected chi connectivity index (χ2v) is 12.1. The fraction of sp³-hybridized carbons (Fsp3) is 0.333. The molecule has 5 rings (SSSR count). The lowest BCUT2D eigenvalue weighted by Gasteiger charge is -2.31. The SMILES string of the molecule is CCC(=O)N1CCC(C(=O)O)CC1.O=S(=O)(c1cccc(C(F)(F)F)c1)N1CCOc2c(F)cc(-c3cccc(F)c3F)cc21. The lowest BCUT2D eigenvalue weighted by Crippen LogP contribution is -2.39. The Hall–Kier alpha value is -4.27. The van der Waals surface area contributed by atoms with Crippen LogP contribution in [-0.2, 0) is 25.8 Å². The number of ether oxygens (including phenoxy) is 1. The molecule has 0 unspecified atom stereocenters. The largest absolute Gasteiger partial charge is 0.486 e. The van der Waals surface area contributed by atoms with Crippen molar-refractivity contribution in [3.05, 3.63) is 77.6 Å². The van der Waals surface area contributed by atoms with Crippen LogP contribution >= 0.6 is 0 Å². The molecule has 0 bridgehead atoms. The van der Waals surface area contributed by atoms with Gasteiger partial charge in [-0.25, -0.2) is 21.6 Å². The van der Waals surface area contributed by atoms with Crippen molar-refractivity contribution in [2.45, 2.75) is 37.3 Å². The predicted molar refractivity (Wildman–Crippen MR) is 150 cm³/mol. The second kappa shape index (κ2) is 13.4. The number of likely N-dealkylation sites (tertiary alicyclic amines) is 1. The number of amides is 1. The fourth-order valence-electron chi connectivity index (χ4n) is 4.95. The molecule has 2 aliphatic rings. The summed E-state index contributed by atoms with van der Waals surface area (Å²) >= 11 is 0. The highest BCUT2D eigenvalue weighted by atomic mass is 32.2. The molecule has 8 nitrogen and oxygen atoms in total. The van der Waals surface area contributed by atoms with E-state index in [9.17, 15) is 44.3 Å². The summed E-state index contributed by atoms with van der Waals surface area (Å²) < 4.78 is 114. The van der Waals surface area contributed by atoms with Crippen molar-refractivity contribution in [3.8, 4) is 16.9 Å². The molecule has 0 atom stereocenters. The first-order valence-corrected chi connectivity index (χ1v) is 15.2. The summed E-state index contributed by atoms with van der Waals surface area (Å²) in [5.41, 5.74) is -2.01. The summed E-state index contributed by atoms with van der Waals surface area (Å²) in [6.45, 7) is 2.43. The van der Waals surface area contributed by atoms with E-state index >= 15 is 0 Å². The average molecular weight is 659 g/mol. The molecule has 1 saturated heterocycles. The number of halogens is 6. The number of nitrogens with zero attached hydrogens (tertiary/aromatic N) is 2. The lowest BCUT2D eigenvalue weighted by atomic mass is 9.97. The van der Waals surface area contributed by atoms with Gasteiger partial charge in [-0.15, -0.1) is 0 Å². The van der Waals surface area contributed by atoms with Gasteiger partial charge < -0.3 is 14.7 Å².